The number of benzene rings is 2. The zero-order valence-electron chi connectivity index (χ0n) is 11.1. The molecule has 0 saturated carbocycles. The lowest BCUT2D eigenvalue weighted by atomic mass is 10.1. The van der Waals surface area contributed by atoms with E-state index in [0.29, 0.717) is 18.0 Å². The standard InChI is InChI=1S/C16H14Cl2N2/c1-20(11-12-2-5-15(18)6-3-12)16-7-4-13(9-17)8-14(16)10-19/h2-8H,9,11H2,1H3. The summed E-state index contributed by atoms with van der Waals surface area (Å²) in [5, 5.41) is 9.98. The summed E-state index contributed by atoms with van der Waals surface area (Å²) in [4.78, 5) is 2.04. The first-order valence-electron chi connectivity index (χ1n) is 6.18. The number of anilines is 1. The molecule has 0 bridgehead atoms. The molecule has 4 heteroatoms. The maximum atomic E-state index is 9.25. The average molecular weight is 305 g/mol. The maximum absolute atomic E-state index is 9.25. The van der Waals surface area contributed by atoms with Gasteiger partial charge in [-0.3, -0.25) is 0 Å². The molecule has 0 heterocycles. The van der Waals surface area contributed by atoms with Crippen molar-refractivity contribution in [1.82, 2.24) is 0 Å². The Balaban J connectivity index is 2.22. The number of nitrogens with zero attached hydrogens (tertiary/aromatic N) is 2. The number of rotatable bonds is 4. The fraction of sp³-hybridized carbons (Fsp3) is 0.188. The third-order valence-corrected chi connectivity index (χ3v) is 3.64. The molecule has 0 aliphatic rings. The van der Waals surface area contributed by atoms with Gasteiger partial charge >= 0.3 is 0 Å². The van der Waals surface area contributed by atoms with E-state index >= 15 is 0 Å². The van der Waals surface area contributed by atoms with Crippen LogP contribution in [0.4, 0.5) is 5.69 Å². The van der Waals surface area contributed by atoms with E-state index in [1.165, 1.54) is 0 Å². The van der Waals surface area contributed by atoms with Gasteiger partial charge in [-0.25, -0.2) is 0 Å². The Morgan fingerprint density at radius 1 is 1.10 bits per heavy atom. The van der Waals surface area contributed by atoms with E-state index in [1.807, 2.05) is 54.4 Å². The summed E-state index contributed by atoms with van der Waals surface area (Å²) < 4.78 is 0. The lowest BCUT2D eigenvalue weighted by Crippen LogP contribution is -2.17. The van der Waals surface area contributed by atoms with E-state index in [2.05, 4.69) is 6.07 Å². The van der Waals surface area contributed by atoms with E-state index in [4.69, 9.17) is 23.2 Å². The van der Waals surface area contributed by atoms with Crippen LogP contribution < -0.4 is 4.90 Å². The first kappa shape index (κ1) is 14.7. The smallest absolute Gasteiger partial charge is 0.101 e. The zero-order valence-corrected chi connectivity index (χ0v) is 12.6. The molecule has 20 heavy (non-hydrogen) atoms. The van der Waals surface area contributed by atoms with Crippen LogP contribution in [-0.2, 0) is 12.4 Å². The number of hydrogen-bond donors (Lipinski definition) is 0. The predicted octanol–water partition coefficient (Wildman–Crippen LogP) is 4.59. The van der Waals surface area contributed by atoms with Crippen LogP contribution >= 0.6 is 23.2 Å². The number of nitriles is 1. The Bertz CT molecular complexity index is 630. The van der Waals surface area contributed by atoms with E-state index in [1.54, 1.807) is 0 Å². The summed E-state index contributed by atoms with van der Waals surface area (Å²) in [6.45, 7) is 0.714. The molecule has 2 aromatic carbocycles. The van der Waals surface area contributed by atoms with Crippen LogP contribution in [0.5, 0.6) is 0 Å². The maximum Gasteiger partial charge on any atom is 0.101 e. The highest BCUT2D eigenvalue weighted by Gasteiger charge is 2.09. The van der Waals surface area contributed by atoms with Crippen LogP contribution in [0.1, 0.15) is 16.7 Å². The van der Waals surface area contributed by atoms with Gasteiger partial charge in [0.2, 0.25) is 0 Å². The third kappa shape index (κ3) is 3.45. The van der Waals surface area contributed by atoms with Crippen LogP contribution in [0.3, 0.4) is 0 Å². The molecule has 0 radical (unpaired) electrons. The molecule has 0 aromatic heterocycles. The van der Waals surface area contributed by atoms with Crippen molar-refractivity contribution in [3.05, 3.63) is 64.2 Å². The van der Waals surface area contributed by atoms with Crippen molar-refractivity contribution in [2.75, 3.05) is 11.9 Å². The second-order valence-corrected chi connectivity index (χ2v) is 5.28. The van der Waals surface area contributed by atoms with E-state index < -0.39 is 0 Å². The summed E-state index contributed by atoms with van der Waals surface area (Å²) >= 11 is 11.7. The van der Waals surface area contributed by atoms with Gasteiger partial charge in [0.25, 0.3) is 0 Å². The average Bonchev–Trinajstić information content (AvgIpc) is 2.48. The normalized spacial score (nSPS) is 10.1. The van der Waals surface area contributed by atoms with Crippen LogP contribution in [0.25, 0.3) is 0 Å². The van der Waals surface area contributed by atoms with Crippen LogP contribution in [0.15, 0.2) is 42.5 Å². The second-order valence-electron chi connectivity index (χ2n) is 4.58. The van der Waals surface area contributed by atoms with Gasteiger partial charge in [-0.05, 0) is 35.4 Å². The van der Waals surface area contributed by atoms with Gasteiger partial charge in [0, 0.05) is 24.5 Å². The quantitative estimate of drug-likeness (QED) is 0.773. The molecule has 2 nitrogen and oxygen atoms in total. The fourth-order valence-corrected chi connectivity index (χ4v) is 2.33. The Kier molecular flexibility index (Phi) is 4.89. The highest BCUT2D eigenvalue weighted by molar-refractivity contribution is 6.30. The van der Waals surface area contributed by atoms with E-state index in [-0.39, 0.29) is 0 Å². The summed E-state index contributed by atoms with van der Waals surface area (Å²) in [5.41, 5.74) is 3.63. The summed E-state index contributed by atoms with van der Waals surface area (Å²) in [6, 6.07) is 15.6. The van der Waals surface area contributed by atoms with Gasteiger partial charge in [0.1, 0.15) is 6.07 Å². The minimum absolute atomic E-state index is 0.413. The first-order chi connectivity index (χ1) is 9.63. The monoisotopic (exact) mass is 304 g/mol. The highest BCUT2D eigenvalue weighted by atomic mass is 35.5. The molecule has 0 fully saturated rings. The summed E-state index contributed by atoms with van der Waals surface area (Å²) in [7, 11) is 1.96. The molecule has 0 aliphatic carbocycles. The van der Waals surface area contributed by atoms with Crippen LogP contribution in [0, 0.1) is 11.3 Å². The van der Waals surface area contributed by atoms with Gasteiger partial charge in [-0.1, -0.05) is 29.8 Å². The van der Waals surface area contributed by atoms with Crippen molar-refractivity contribution >= 4 is 28.9 Å². The van der Waals surface area contributed by atoms with Crippen molar-refractivity contribution in [1.29, 1.82) is 5.26 Å². The summed E-state index contributed by atoms with van der Waals surface area (Å²) in [5.74, 6) is 0.413. The van der Waals surface area contributed by atoms with Crippen molar-refractivity contribution in [3.8, 4) is 6.07 Å². The molecule has 0 N–H and O–H groups in total. The third-order valence-electron chi connectivity index (χ3n) is 3.08. The van der Waals surface area contributed by atoms with Crippen LogP contribution in [-0.4, -0.2) is 7.05 Å². The Morgan fingerprint density at radius 3 is 2.35 bits per heavy atom. The predicted molar refractivity (Wildman–Crippen MR) is 84.3 cm³/mol. The molecular weight excluding hydrogens is 291 g/mol. The molecule has 0 unspecified atom stereocenters. The second kappa shape index (κ2) is 6.65. The Morgan fingerprint density at radius 2 is 1.75 bits per heavy atom. The van der Waals surface area contributed by atoms with Crippen molar-refractivity contribution in [2.24, 2.45) is 0 Å². The van der Waals surface area contributed by atoms with Gasteiger partial charge < -0.3 is 4.90 Å². The van der Waals surface area contributed by atoms with Gasteiger partial charge in [-0.15, -0.1) is 11.6 Å². The minimum Gasteiger partial charge on any atom is -0.369 e. The van der Waals surface area contributed by atoms with Crippen molar-refractivity contribution in [2.45, 2.75) is 12.4 Å². The molecule has 102 valence electrons. The van der Waals surface area contributed by atoms with Crippen molar-refractivity contribution in [3.63, 3.8) is 0 Å². The van der Waals surface area contributed by atoms with E-state index in [0.717, 1.165) is 21.8 Å². The van der Waals surface area contributed by atoms with Crippen molar-refractivity contribution < 1.29 is 0 Å². The molecule has 0 spiro atoms. The molecule has 0 atom stereocenters. The fourth-order valence-electron chi connectivity index (χ4n) is 2.04. The molecule has 0 saturated heterocycles. The highest BCUT2D eigenvalue weighted by Crippen LogP contribution is 2.23. The van der Waals surface area contributed by atoms with Gasteiger partial charge in [0.15, 0.2) is 0 Å². The molecule has 0 aliphatic heterocycles. The Hall–Kier alpha value is -1.69. The lowest BCUT2D eigenvalue weighted by Gasteiger charge is -2.21. The van der Waals surface area contributed by atoms with E-state index in [9.17, 15) is 5.26 Å². The number of alkyl halides is 1. The summed E-state index contributed by atoms with van der Waals surface area (Å²) in [6.07, 6.45) is 0. The number of hydrogen-bond acceptors (Lipinski definition) is 2. The van der Waals surface area contributed by atoms with Gasteiger partial charge in [0.05, 0.1) is 11.3 Å². The first-order valence-corrected chi connectivity index (χ1v) is 7.10. The largest absolute Gasteiger partial charge is 0.369 e. The minimum atomic E-state index is 0.413. The van der Waals surface area contributed by atoms with Crippen LogP contribution in [0.2, 0.25) is 5.02 Å². The molecule has 2 rings (SSSR count). The molecular formula is C16H14Cl2N2. The Labute approximate surface area is 129 Å². The lowest BCUT2D eigenvalue weighted by molar-refractivity contribution is 0.920. The molecule has 0 amide bonds. The number of halogens is 2. The van der Waals surface area contributed by atoms with Gasteiger partial charge in [-0.2, -0.15) is 5.26 Å². The zero-order chi connectivity index (χ0) is 14.5. The SMILES string of the molecule is CN(Cc1ccc(Cl)cc1)c1ccc(CCl)cc1C#N. The topological polar surface area (TPSA) is 27.0 Å². The molecule has 2 aromatic rings.